The maximum absolute atomic E-state index is 4.66. The molecule has 70 valence electrons. The summed E-state index contributed by atoms with van der Waals surface area (Å²) < 4.78 is 0. The Morgan fingerprint density at radius 1 is 1.00 bits per heavy atom. The number of nitrogens with one attached hydrogen (secondary N) is 1. The van der Waals surface area contributed by atoms with Gasteiger partial charge in [-0.2, -0.15) is 12.6 Å². The molecule has 1 N–H and O–H groups in total. The van der Waals surface area contributed by atoms with Gasteiger partial charge in [0.1, 0.15) is 0 Å². The summed E-state index contributed by atoms with van der Waals surface area (Å²) in [6, 6.07) is 0.795. The number of hydrogen-bond acceptors (Lipinski definition) is 2. The molecule has 1 aliphatic heterocycles. The number of thiol groups is 1. The molecule has 2 rings (SSSR count). The Morgan fingerprint density at radius 2 is 1.92 bits per heavy atom. The minimum Gasteiger partial charge on any atom is -0.314 e. The van der Waals surface area contributed by atoms with Crippen molar-refractivity contribution in [3.63, 3.8) is 0 Å². The largest absolute Gasteiger partial charge is 0.314 e. The van der Waals surface area contributed by atoms with Crippen molar-refractivity contribution in [1.29, 1.82) is 0 Å². The Bertz CT molecular complexity index is 143. The summed E-state index contributed by atoms with van der Waals surface area (Å²) in [6.07, 6.45) is 8.34. The third-order valence-corrected chi connectivity index (χ3v) is 4.04. The highest BCUT2D eigenvalue weighted by atomic mass is 32.1. The lowest BCUT2D eigenvalue weighted by Crippen LogP contribution is -2.41. The van der Waals surface area contributed by atoms with Crippen LogP contribution in [-0.2, 0) is 0 Å². The fourth-order valence-electron chi connectivity index (χ4n) is 2.68. The topological polar surface area (TPSA) is 12.0 Å². The molecule has 0 aromatic heterocycles. The summed E-state index contributed by atoms with van der Waals surface area (Å²) in [7, 11) is 0. The van der Waals surface area contributed by atoms with E-state index in [4.69, 9.17) is 0 Å². The van der Waals surface area contributed by atoms with Crippen molar-refractivity contribution in [2.75, 3.05) is 6.54 Å². The summed E-state index contributed by atoms with van der Waals surface area (Å²) in [5.41, 5.74) is 0. The Balaban J connectivity index is 1.89. The highest BCUT2D eigenvalue weighted by Gasteiger charge is 2.31. The third kappa shape index (κ3) is 1.80. The Kier molecular flexibility index (Phi) is 2.97. The molecule has 0 aromatic carbocycles. The van der Waals surface area contributed by atoms with Crippen LogP contribution in [0.1, 0.15) is 38.5 Å². The van der Waals surface area contributed by atoms with Gasteiger partial charge in [-0.15, -0.1) is 0 Å². The van der Waals surface area contributed by atoms with Crippen molar-refractivity contribution in [2.24, 2.45) is 5.92 Å². The lowest BCUT2D eigenvalue weighted by molar-refractivity contribution is 0.303. The molecule has 1 saturated carbocycles. The van der Waals surface area contributed by atoms with Crippen molar-refractivity contribution in [2.45, 2.75) is 49.8 Å². The van der Waals surface area contributed by atoms with Crippen molar-refractivity contribution in [3.8, 4) is 0 Å². The summed E-state index contributed by atoms with van der Waals surface area (Å²) in [5, 5.41) is 4.32. The Labute approximate surface area is 80.7 Å². The second kappa shape index (κ2) is 4.01. The van der Waals surface area contributed by atoms with E-state index in [1.807, 2.05) is 0 Å². The maximum atomic E-state index is 4.66. The molecule has 2 fully saturated rings. The molecule has 0 aromatic rings. The molecule has 0 spiro atoms. The molecule has 1 nitrogen and oxygen atoms in total. The lowest BCUT2D eigenvalue weighted by atomic mass is 9.91. The van der Waals surface area contributed by atoms with E-state index in [0.717, 1.165) is 12.0 Å². The first-order chi connectivity index (χ1) is 5.88. The van der Waals surface area contributed by atoms with E-state index in [2.05, 4.69) is 17.9 Å². The van der Waals surface area contributed by atoms with Gasteiger partial charge in [0, 0.05) is 11.3 Å². The molecule has 3 atom stereocenters. The highest BCUT2D eigenvalue weighted by molar-refractivity contribution is 7.81. The predicted octanol–water partition coefficient (Wildman–Crippen LogP) is 2.23. The first-order valence-corrected chi connectivity index (χ1v) is 5.81. The van der Waals surface area contributed by atoms with Crippen molar-refractivity contribution >= 4 is 12.6 Å². The molecule has 1 saturated heterocycles. The van der Waals surface area contributed by atoms with Gasteiger partial charge in [0.2, 0.25) is 0 Å². The van der Waals surface area contributed by atoms with Gasteiger partial charge in [0.15, 0.2) is 0 Å². The Hall–Kier alpha value is 0.310. The third-order valence-electron chi connectivity index (χ3n) is 3.40. The van der Waals surface area contributed by atoms with Gasteiger partial charge in [-0.3, -0.25) is 0 Å². The molecule has 0 radical (unpaired) electrons. The number of hydrogen-bond donors (Lipinski definition) is 2. The fourth-order valence-corrected chi connectivity index (χ4v) is 3.22. The smallest absolute Gasteiger partial charge is 0.0106 e. The molecule has 2 heteroatoms. The second-order valence-corrected chi connectivity index (χ2v) is 4.88. The zero-order valence-electron chi connectivity index (χ0n) is 7.63. The highest BCUT2D eigenvalue weighted by Crippen LogP contribution is 2.34. The number of piperidine rings is 1. The van der Waals surface area contributed by atoms with Crippen LogP contribution in [0.4, 0.5) is 0 Å². The molecule has 3 unspecified atom stereocenters. The van der Waals surface area contributed by atoms with Gasteiger partial charge < -0.3 is 5.32 Å². The quantitative estimate of drug-likeness (QED) is 0.597. The summed E-state index contributed by atoms with van der Waals surface area (Å²) in [4.78, 5) is 0. The van der Waals surface area contributed by atoms with E-state index < -0.39 is 0 Å². The van der Waals surface area contributed by atoms with E-state index in [0.29, 0.717) is 5.25 Å². The summed E-state index contributed by atoms with van der Waals surface area (Å²) in [5.74, 6) is 0.869. The van der Waals surface area contributed by atoms with Crippen LogP contribution < -0.4 is 5.32 Å². The SMILES string of the molecule is SC1CCCC1C1CCCCN1. The minimum atomic E-state index is 0.681. The first-order valence-electron chi connectivity index (χ1n) is 5.29. The zero-order chi connectivity index (χ0) is 8.39. The van der Waals surface area contributed by atoms with Gasteiger partial charge >= 0.3 is 0 Å². The molecule has 2 aliphatic rings. The predicted molar refractivity (Wildman–Crippen MR) is 55.8 cm³/mol. The van der Waals surface area contributed by atoms with E-state index in [1.54, 1.807) is 0 Å². The standard InChI is InChI=1S/C10H19NS/c12-10-6-3-4-8(10)9-5-1-2-7-11-9/h8-12H,1-7H2. The van der Waals surface area contributed by atoms with Crippen LogP contribution in [0.5, 0.6) is 0 Å². The average molecular weight is 185 g/mol. The maximum Gasteiger partial charge on any atom is 0.0106 e. The van der Waals surface area contributed by atoms with Gasteiger partial charge in [0.25, 0.3) is 0 Å². The van der Waals surface area contributed by atoms with E-state index in [-0.39, 0.29) is 0 Å². The normalized spacial score (nSPS) is 43.2. The van der Waals surface area contributed by atoms with Crippen LogP contribution in [0, 0.1) is 5.92 Å². The van der Waals surface area contributed by atoms with Crippen LogP contribution in [-0.4, -0.2) is 17.8 Å². The van der Waals surface area contributed by atoms with Crippen LogP contribution in [0.25, 0.3) is 0 Å². The van der Waals surface area contributed by atoms with Crippen LogP contribution in [0.15, 0.2) is 0 Å². The van der Waals surface area contributed by atoms with Crippen LogP contribution >= 0.6 is 12.6 Å². The molecule has 12 heavy (non-hydrogen) atoms. The zero-order valence-corrected chi connectivity index (χ0v) is 8.52. The molecule has 0 amide bonds. The van der Waals surface area contributed by atoms with E-state index in [9.17, 15) is 0 Å². The first kappa shape index (κ1) is 8.89. The van der Waals surface area contributed by atoms with Crippen molar-refractivity contribution in [1.82, 2.24) is 5.32 Å². The van der Waals surface area contributed by atoms with Gasteiger partial charge in [-0.05, 0) is 38.1 Å². The monoisotopic (exact) mass is 185 g/mol. The fraction of sp³-hybridized carbons (Fsp3) is 1.00. The number of rotatable bonds is 1. The van der Waals surface area contributed by atoms with Gasteiger partial charge in [0.05, 0.1) is 0 Å². The molecular formula is C10H19NS. The minimum absolute atomic E-state index is 0.681. The van der Waals surface area contributed by atoms with E-state index in [1.165, 1.54) is 45.1 Å². The molecule has 0 bridgehead atoms. The second-order valence-electron chi connectivity index (χ2n) is 4.22. The molecule has 1 aliphatic carbocycles. The summed E-state index contributed by atoms with van der Waals surface area (Å²) in [6.45, 7) is 1.24. The van der Waals surface area contributed by atoms with Crippen LogP contribution in [0.2, 0.25) is 0 Å². The molecular weight excluding hydrogens is 166 g/mol. The van der Waals surface area contributed by atoms with E-state index >= 15 is 0 Å². The summed E-state index contributed by atoms with van der Waals surface area (Å²) >= 11 is 4.66. The Morgan fingerprint density at radius 3 is 2.50 bits per heavy atom. The van der Waals surface area contributed by atoms with Gasteiger partial charge in [-0.25, -0.2) is 0 Å². The van der Waals surface area contributed by atoms with Crippen molar-refractivity contribution < 1.29 is 0 Å². The lowest BCUT2D eigenvalue weighted by Gasteiger charge is -2.30. The molecule has 1 heterocycles. The van der Waals surface area contributed by atoms with Gasteiger partial charge in [-0.1, -0.05) is 12.8 Å². The van der Waals surface area contributed by atoms with Crippen molar-refractivity contribution in [3.05, 3.63) is 0 Å². The van der Waals surface area contributed by atoms with Crippen LogP contribution in [0.3, 0.4) is 0 Å². The average Bonchev–Trinajstić information content (AvgIpc) is 2.53.